The first-order valence-corrected chi connectivity index (χ1v) is 10.5. The highest BCUT2D eigenvalue weighted by Crippen LogP contribution is 2.42. The highest BCUT2D eigenvalue weighted by molar-refractivity contribution is 5.93. The number of rotatable bonds is 3. The third-order valence-corrected chi connectivity index (χ3v) is 5.94. The molecule has 154 valence electrons. The van der Waals surface area contributed by atoms with Crippen molar-refractivity contribution < 1.29 is 4.52 Å². The maximum absolute atomic E-state index is 5.79. The second-order valence-electron chi connectivity index (χ2n) is 9.39. The van der Waals surface area contributed by atoms with Crippen molar-refractivity contribution >= 4 is 11.0 Å². The van der Waals surface area contributed by atoms with Crippen LogP contribution in [0.15, 0.2) is 10.6 Å². The number of hydrogen-bond donors (Lipinski definition) is 1. The normalized spacial score (nSPS) is 21.2. The molecule has 3 aromatic rings. The monoisotopic (exact) mass is 395 g/mol. The van der Waals surface area contributed by atoms with Crippen molar-refractivity contribution in [3.8, 4) is 11.5 Å². The molecule has 2 aliphatic rings. The average molecular weight is 396 g/mol. The van der Waals surface area contributed by atoms with E-state index in [-0.39, 0.29) is 11.6 Å². The number of likely N-dealkylation sites (N-methyl/N-ethyl adjacent to an activating group) is 1. The molecule has 5 rings (SSSR count). The van der Waals surface area contributed by atoms with Crippen LogP contribution in [0.25, 0.3) is 22.5 Å². The zero-order chi connectivity index (χ0) is 20.3. The molecular weight excluding hydrogens is 366 g/mol. The van der Waals surface area contributed by atoms with E-state index in [1.54, 1.807) is 0 Å². The molecule has 0 spiro atoms. The van der Waals surface area contributed by atoms with Gasteiger partial charge in [-0.25, -0.2) is 9.67 Å². The molecule has 8 nitrogen and oxygen atoms in total. The van der Waals surface area contributed by atoms with Crippen LogP contribution >= 0.6 is 0 Å². The van der Waals surface area contributed by atoms with Crippen molar-refractivity contribution in [3.05, 3.63) is 23.3 Å². The van der Waals surface area contributed by atoms with Crippen LogP contribution in [0, 0.1) is 6.92 Å². The van der Waals surface area contributed by atoms with E-state index in [0.717, 1.165) is 53.4 Å². The van der Waals surface area contributed by atoms with E-state index < -0.39 is 0 Å². The molecule has 3 aromatic heterocycles. The maximum Gasteiger partial charge on any atom is 0.258 e. The second kappa shape index (κ2) is 6.60. The third-order valence-electron chi connectivity index (χ3n) is 5.94. The third kappa shape index (κ3) is 3.24. The Labute approximate surface area is 170 Å². The summed E-state index contributed by atoms with van der Waals surface area (Å²) in [6.45, 7) is 11.3. The molecule has 1 aliphatic carbocycles. The fourth-order valence-corrected chi connectivity index (χ4v) is 4.11. The number of piperazine rings is 1. The number of hydrogen-bond acceptors (Lipinski definition) is 7. The molecule has 0 amide bonds. The van der Waals surface area contributed by atoms with Crippen molar-refractivity contribution in [2.45, 2.75) is 58.0 Å². The highest BCUT2D eigenvalue weighted by atomic mass is 16.5. The minimum Gasteiger partial charge on any atom is -0.334 e. The van der Waals surface area contributed by atoms with Crippen molar-refractivity contribution in [1.82, 2.24) is 35.1 Å². The van der Waals surface area contributed by atoms with E-state index in [9.17, 15) is 0 Å². The van der Waals surface area contributed by atoms with Gasteiger partial charge in [0.2, 0.25) is 0 Å². The van der Waals surface area contributed by atoms with Crippen LogP contribution in [0.1, 0.15) is 62.8 Å². The molecule has 0 aromatic carbocycles. The lowest BCUT2D eigenvalue weighted by Crippen LogP contribution is -2.44. The van der Waals surface area contributed by atoms with Gasteiger partial charge in [-0.2, -0.15) is 10.1 Å². The quantitative estimate of drug-likeness (QED) is 0.730. The van der Waals surface area contributed by atoms with Gasteiger partial charge in [0.15, 0.2) is 11.5 Å². The molecule has 29 heavy (non-hydrogen) atoms. The second-order valence-corrected chi connectivity index (χ2v) is 9.39. The number of pyridine rings is 1. The summed E-state index contributed by atoms with van der Waals surface area (Å²) >= 11 is 0. The standard InChI is InChI=1S/C21H29N7O/c1-12-17-14(20-24-18(26-29-20)16-11-22-8-9-27(16)5)10-15(13-6-7-13)23-19(17)28(25-12)21(2,3)4/h10,13,16,22H,6-9,11H2,1-5H3. The Kier molecular flexibility index (Phi) is 4.25. The molecule has 1 aliphatic heterocycles. The Hall–Kier alpha value is -2.32. The molecule has 2 fully saturated rings. The molecule has 1 saturated heterocycles. The van der Waals surface area contributed by atoms with Gasteiger partial charge in [-0.1, -0.05) is 5.16 Å². The van der Waals surface area contributed by atoms with Crippen LogP contribution < -0.4 is 5.32 Å². The minimum atomic E-state index is -0.157. The van der Waals surface area contributed by atoms with E-state index >= 15 is 0 Å². The fourth-order valence-electron chi connectivity index (χ4n) is 4.11. The Balaban J connectivity index is 1.66. The van der Waals surface area contributed by atoms with E-state index in [0.29, 0.717) is 11.8 Å². The molecule has 0 bridgehead atoms. The topological polar surface area (TPSA) is 84.9 Å². The summed E-state index contributed by atoms with van der Waals surface area (Å²) in [5, 5.41) is 13.6. The van der Waals surface area contributed by atoms with Crippen LogP contribution in [0.5, 0.6) is 0 Å². The molecule has 0 radical (unpaired) electrons. The average Bonchev–Trinajstić information content (AvgIpc) is 3.31. The van der Waals surface area contributed by atoms with Crippen LogP contribution in [-0.2, 0) is 5.54 Å². The van der Waals surface area contributed by atoms with Gasteiger partial charge in [-0.05, 0) is 53.7 Å². The van der Waals surface area contributed by atoms with Gasteiger partial charge in [0.1, 0.15) is 0 Å². The van der Waals surface area contributed by atoms with Gasteiger partial charge in [-0.3, -0.25) is 4.90 Å². The maximum atomic E-state index is 5.79. The molecule has 1 atom stereocenters. The van der Waals surface area contributed by atoms with Gasteiger partial charge in [0.05, 0.1) is 28.2 Å². The molecule has 1 unspecified atom stereocenters. The van der Waals surface area contributed by atoms with Gasteiger partial charge < -0.3 is 9.84 Å². The number of aryl methyl sites for hydroxylation is 1. The Morgan fingerprint density at radius 2 is 2.00 bits per heavy atom. The van der Waals surface area contributed by atoms with Crippen LogP contribution in [-0.4, -0.2) is 56.5 Å². The molecular formula is C21H29N7O. The number of fused-ring (bicyclic) bond motifs is 1. The largest absolute Gasteiger partial charge is 0.334 e. The number of nitrogens with zero attached hydrogens (tertiary/aromatic N) is 6. The summed E-state index contributed by atoms with van der Waals surface area (Å²) in [7, 11) is 2.11. The number of nitrogens with one attached hydrogen (secondary N) is 1. The van der Waals surface area contributed by atoms with Crippen LogP contribution in [0.4, 0.5) is 0 Å². The summed E-state index contributed by atoms with van der Waals surface area (Å²) in [5.41, 5.74) is 3.75. The number of aromatic nitrogens is 5. The predicted molar refractivity (Wildman–Crippen MR) is 111 cm³/mol. The first kappa shape index (κ1) is 18.7. The lowest BCUT2D eigenvalue weighted by molar-refractivity contribution is 0.190. The smallest absolute Gasteiger partial charge is 0.258 e. The lowest BCUT2D eigenvalue weighted by atomic mass is 10.1. The van der Waals surface area contributed by atoms with Gasteiger partial charge in [-0.15, -0.1) is 0 Å². The zero-order valence-corrected chi connectivity index (χ0v) is 17.9. The van der Waals surface area contributed by atoms with E-state index in [1.165, 1.54) is 12.8 Å². The Morgan fingerprint density at radius 3 is 2.69 bits per heavy atom. The summed E-state index contributed by atoms with van der Waals surface area (Å²) in [6, 6.07) is 2.27. The SMILES string of the molecule is Cc1nn(C(C)(C)C)c2nc(C3CC3)cc(-c3nc(C4CNCCN4C)no3)c12. The van der Waals surface area contributed by atoms with Crippen molar-refractivity contribution in [2.75, 3.05) is 26.7 Å². The van der Waals surface area contributed by atoms with Gasteiger partial charge in [0.25, 0.3) is 5.89 Å². The highest BCUT2D eigenvalue weighted by Gasteiger charge is 2.31. The van der Waals surface area contributed by atoms with E-state index in [1.807, 2.05) is 11.6 Å². The Bertz CT molecular complexity index is 1060. The van der Waals surface area contributed by atoms with Crippen molar-refractivity contribution in [1.29, 1.82) is 0 Å². The summed E-state index contributed by atoms with van der Waals surface area (Å²) in [5.74, 6) is 1.82. The van der Waals surface area contributed by atoms with Gasteiger partial charge in [0, 0.05) is 31.2 Å². The minimum absolute atomic E-state index is 0.125. The molecule has 4 heterocycles. The van der Waals surface area contributed by atoms with Gasteiger partial charge >= 0.3 is 0 Å². The first-order valence-electron chi connectivity index (χ1n) is 10.5. The molecule has 1 N–H and O–H groups in total. The zero-order valence-electron chi connectivity index (χ0n) is 17.9. The van der Waals surface area contributed by atoms with E-state index in [4.69, 9.17) is 19.6 Å². The van der Waals surface area contributed by atoms with Crippen LogP contribution in [0.2, 0.25) is 0 Å². The lowest BCUT2D eigenvalue weighted by Gasteiger charge is -2.30. The summed E-state index contributed by atoms with van der Waals surface area (Å²) < 4.78 is 7.82. The van der Waals surface area contributed by atoms with Crippen LogP contribution in [0.3, 0.4) is 0 Å². The summed E-state index contributed by atoms with van der Waals surface area (Å²) in [6.07, 6.45) is 2.38. The predicted octanol–water partition coefficient (Wildman–Crippen LogP) is 3.00. The molecule has 1 saturated carbocycles. The summed E-state index contributed by atoms with van der Waals surface area (Å²) in [4.78, 5) is 12.1. The Morgan fingerprint density at radius 1 is 1.21 bits per heavy atom. The fraction of sp³-hybridized carbons (Fsp3) is 0.619. The van der Waals surface area contributed by atoms with Crippen molar-refractivity contribution in [3.63, 3.8) is 0 Å². The van der Waals surface area contributed by atoms with Crippen molar-refractivity contribution in [2.24, 2.45) is 0 Å². The first-order chi connectivity index (χ1) is 13.8. The molecule has 8 heteroatoms. The van der Waals surface area contributed by atoms with E-state index in [2.05, 4.69) is 49.3 Å².